The second-order valence-electron chi connectivity index (χ2n) is 4.37. The van der Waals surface area contributed by atoms with Gasteiger partial charge in [-0.3, -0.25) is 4.79 Å². The summed E-state index contributed by atoms with van der Waals surface area (Å²) in [4.78, 5) is 12.0. The van der Waals surface area contributed by atoms with E-state index in [0.717, 1.165) is 15.8 Å². The molecule has 4 nitrogen and oxygen atoms in total. The van der Waals surface area contributed by atoms with Gasteiger partial charge in [0.15, 0.2) is 0 Å². The van der Waals surface area contributed by atoms with Crippen molar-refractivity contribution in [2.24, 2.45) is 0 Å². The summed E-state index contributed by atoms with van der Waals surface area (Å²) in [5.41, 5.74) is 1.82. The number of nitrogens with zero attached hydrogens (tertiary/aromatic N) is 1. The van der Waals surface area contributed by atoms with Gasteiger partial charge in [0.2, 0.25) is 5.91 Å². The number of rotatable bonds is 4. The molecule has 0 aliphatic carbocycles. The van der Waals surface area contributed by atoms with Crippen molar-refractivity contribution >= 4 is 27.5 Å². The summed E-state index contributed by atoms with van der Waals surface area (Å²) in [6, 6.07) is 14.5. The molecule has 2 aromatic rings. The monoisotopic (exact) mass is 344 g/mol. The van der Waals surface area contributed by atoms with Gasteiger partial charge in [0.1, 0.15) is 11.8 Å². The Morgan fingerprint density at radius 3 is 2.62 bits per heavy atom. The van der Waals surface area contributed by atoms with Crippen LogP contribution in [0.25, 0.3) is 0 Å². The molecule has 2 aromatic carbocycles. The van der Waals surface area contributed by atoms with Crippen LogP contribution in [0.1, 0.15) is 11.1 Å². The molecular formula is C16H13BrN2O2. The third-order valence-corrected chi connectivity index (χ3v) is 3.39. The van der Waals surface area contributed by atoms with Crippen LogP contribution < -0.4 is 10.1 Å². The zero-order valence-corrected chi connectivity index (χ0v) is 13.0. The Hall–Kier alpha value is -2.32. The summed E-state index contributed by atoms with van der Waals surface area (Å²) in [7, 11) is 1.60. The van der Waals surface area contributed by atoms with Gasteiger partial charge in [-0.25, -0.2) is 0 Å². The number of amides is 1. The number of benzene rings is 2. The molecule has 0 radical (unpaired) electrons. The number of nitriles is 1. The second-order valence-corrected chi connectivity index (χ2v) is 5.29. The third-order valence-electron chi connectivity index (χ3n) is 2.90. The Morgan fingerprint density at radius 2 is 2.00 bits per heavy atom. The van der Waals surface area contributed by atoms with Gasteiger partial charge in [-0.05, 0) is 35.9 Å². The number of nitrogens with one attached hydrogen (secondary N) is 1. The van der Waals surface area contributed by atoms with Gasteiger partial charge in [-0.15, -0.1) is 0 Å². The Labute approximate surface area is 131 Å². The number of hydrogen-bond acceptors (Lipinski definition) is 3. The van der Waals surface area contributed by atoms with E-state index >= 15 is 0 Å². The molecule has 5 heteroatoms. The quantitative estimate of drug-likeness (QED) is 0.922. The van der Waals surface area contributed by atoms with Crippen molar-refractivity contribution in [3.8, 4) is 11.8 Å². The van der Waals surface area contributed by atoms with Crippen LogP contribution in [0.4, 0.5) is 5.69 Å². The van der Waals surface area contributed by atoms with Crippen LogP contribution in [-0.4, -0.2) is 13.0 Å². The van der Waals surface area contributed by atoms with Crippen LogP contribution in [0.3, 0.4) is 0 Å². The van der Waals surface area contributed by atoms with Crippen molar-refractivity contribution in [3.63, 3.8) is 0 Å². The lowest BCUT2D eigenvalue weighted by Gasteiger charge is -2.08. The fraction of sp³-hybridized carbons (Fsp3) is 0.125. The highest BCUT2D eigenvalue weighted by atomic mass is 79.9. The van der Waals surface area contributed by atoms with E-state index in [4.69, 9.17) is 10.00 Å². The van der Waals surface area contributed by atoms with Crippen molar-refractivity contribution in [2.45, 2.75) is 6.42 Å². The Kier molecular flexibility index (Phi) is 4.96. The molecule has 0 bridgehead atoms. The van der Waals surface area contributed by atoms with Gasteiger partial charge in [0, 0.05) is 4.47 Å². The van der Waals surface area contributed by atoms with E-state index in [2.05, 4.69) is 27.3 Å². The van der Waals surface area contributed by atoms with Gasteiger partial charge < -0.3 is 10.1 Å². The Bertz CT molecular complexity index is 690. The highest BCUT2D eigenvalue weighted by Gasteiger charge is 2.08. The minimum absolute atomic E-state index is 0.168. The molecule has 1 N–H and O–H groups in total. The van der Waals surface area contributed by atoms with E-state index in [1.165, 1.54) is 0 Å². The number of carbonyl (C=O) groups excluding carboxylic acids is 1. The van der Waals surface area contributed by atoms with E-state index in [9.17, 15) is 4.79 Å². The van der Waals surface area contributed by atoms with Gasteiger partial charge >= 0.3 is 0 Å². The number of hydrogen-bond donors (Lipinski definition) is 1. The van der Waals surface area contributed by atoms with Crippen LogP contribution in [0.5, 0.6) is 5.75 Å². The normalized spacial score (nSPS) is 9.76. The van der Waals surface area contributed by atoms with E-state index < -0.39 is 0 Å². The van der Waals surface area contributed by atoms with E-state index in [-0.39, 0.29) is 12.3 Å². The maximum absolute atomic E-state index is 12.0. The SMILES string of the molecule is COc1ccc(CC(=O)Nc2ccc(Br)cc2C#N)cc1. The number of ether oxygens (including phenoxy) is 1. The summed E-state index contributed by atoms with van der Waals surface area (Å²) in [5.74, 6) is 0.581. The molecule has 0 aliphatic rings. The molecule has 0 atom stereocenters. The number of carbonyl (C=O) groups is 1. The van der Waals surface area contributed by atoms with E-state index in [1.54, 1.807) is 25.3 Å². The molecule has 106 valence electrons. The Morgan fingerprint density at radius 1 is 1.29 bits per heavy atom. The standard InChI is InChI=1S/C16H13BrN2O2/c1-21-14-5-2-11(3-6-14)8-16(20)19-15-7-4-13(17)9-12(15)10-18/h2-7,9H,8H2,1H3,(H,19,20). The first-order valence-electron chi connectivity index (χ1n) is 6.25. The van der Waals surface area contributed by atoms with Crippen molar-refractivity contribution in [3.05, 3.63) is 58.1 Å². The summed E-state index contributed by atoms with van der Waals surface area (Å²) in [6.07, 6.45) is 0.241. The smallest absolute Gasteiger partial charge is 0.228 e. The van der Waals surface area contributed by atoms with Gasteiger partial charge in [-0.2, -0.15) is 5.26 Å². The fourth-order valence-electron chi connectivity index (χ4n) is 1.84. The zero-order valence-electron chi connectivity index (χ0n) is 11.4. The minimum atomic E-state index is -0.168. The molecule has 0 aromatic heterocycles. The average Bonchev–Trinajstić information content (AvgIpc) is 2.49. The molecule has 0 unspecified atom stereocenters. The largest absolute Gasteiger partial charge is 0.497 e. The summed E-state index contributed by atoms with van der Waals surface area (Å²) in [6.45, 7) is 0. The van der Waals surface area contributed by atoms with E-state index in [1.807, 2.05) is 24.3 Å². The van der Waals surface area contributed by atoms with Gasteiger partial charge in [-0.1, -0.05) is 28.1 Å². The lowest BCUT2D eigenvalue weighted by molar-refractivity contribution is -0.115. The van der Waals surface area contributed by atoms with Gasteiger partial charge in [0.05, 0.1) is 24.8 Å². The summed E-state index contributed by atoms with van der Waals surface area (Å²) in [5, 5.41) is 11.8. The highest BCUT2D eigenvalue weighted by Crippen LogP contribution is 2.20. The van der Waals surface area contributed by atoms with Crippen molar-refractivity contribution < 1.29 is 9.53 Å². The maximum Gasteiger partial charge on any atom is 0.228 e. The predicted octanol–water partition coefficient (Wildman–Crippen LogP) is 3.51. The predicted molar refractivity (Wildman–Crippen MR) is 84.2 cm³/mol. The first kappa shape index (κ1) is 15.1. The second kappa shape index (κ2) is 6.91. The molecule has 0 fully saturated rings. The lowest BCUT2D eigenvalue weighted by atomic mass is 10.1. The molecular weight excluding hydrogens is 332 g/mol. The molecule has 21 heavy (non-hydrogen) atoms. The highest BCUT2D eigenvalue weighted by molar-refractivity contribution is 9.10. The maximum atomic E-state index is 12.0. The summed E-state index contributed by atoms with van der Waals surface area (Å²) >= 11 is 3.30. The third kappa shape index (κ3) is 4.07. The number of anilines is 1. The van der Waals surface area contributed by atoms with E-state index in [0.29, 0.717) is 11.3 Å². The number of halogens is 1. The van der Waals surface area contributed by atoms with Crippen LogP contribution in [0.2, 0.25) is 0 Å². The van der Waals surface area contributed by atoms with Crippen LogP contribution in [0.15, 0.2) is 46.9 Å². The Balaban J connectivity index is 2.06. The fourth-order valence-corrected chi connectivity index (χ4v) is 2.20. The topological polar surface area (TPSA) is 62.1 Å². The molecule has 0 saturated heterocycles. The zero-order chi connectivity index (χ0) is 15.2. The molecule has 0 saturated carbocycles. The molecule has 2 rings (SSSR count). The van der Waals surface area contributed by atoms with Crippen molar-refractivity contribution in [2.75, 3.05) is 12.4 Å². The first-order chi connectivity index (χ1) is 10.1. The minimum Gasteiger partial charge on any atom is -0.497 e. The molecule has 1 amide bonds. The molecule has 0 aliphatic heterocycles. The molecule has 0 spiro atoms. The lowest BCUT2D eigenvalue weighted by Crippen LogP contribution is -2.15. The van der Waals surface area contributed by atoms with Crippen LogP contribution in [-0.2, 0) is 11.2 Å². The first-order valence-corrected chi connectivity index (χ1v) is 7.04. The van der Waals surface area contributed by atoms with Crippen molar-refractivity contribution in [1.29, 1.82) is 5.26 Å². The molecule has 0 heterocycles. The number of methoxy groups -OCH3 is 1. The van der Waals surface area contributed by atoms with Crippen LogP contribution >= 0.6 is 15.9 Å². The summed E-state index contributed by atoms with van der Waals surface area (Å²) < 4.78 is 5.87. The van der Waals surface area contributed by atoms with Gasteiger partial charge in [0.25, 0.3) is 0 Å². The van der Waals surface area contributed by atoms with Crippen molar-refractivity contribution in [1.82, 2.24) is 0 Å². The average molecular weight is 345 g/mol. The van der Waals surface area contributed by atoms with Crippen LogP contribution in [0, 0.1) is 11.3 Å².